The number of hydrogen-bond acceptors (Lipinski definition) is 5. The second-order valence-electron chi connectivity index (χ2n) is 5.31. The van der Waals surface area contributed by atoms with E-state index in [1.165, 1.54) is 11.2 Å². The molecule has 1 atom stereocenters. The Morgan fingerprint density at radius 1 is 1.52 bits per heavy atom. The average Bonchev–Trinajstić information content (AvgIpc) is 2.78. The van der Waals surface area contributed by atoms with Crippen LogP contribution in [0.4, 0.5) is 0 Å². The van der Waals surface area contributed by atoms with Gasteiger partial charge in [0.2, 0.25) is 0 Å². The molecular formula is C12H18N2O5S2. The molecule has 0 aromatic carbocycles. The third-order valence-electron chi connectivity index (χ3n) is 4.03. The second-order valence-corrected chi connectivity index (χ2v) is 8.42. The first-order chi connectivity index (χ1) is 9.73. The van der Waals surface area contributed by atoms with Gasteiger partial charge in [-0.2, -0.15) is 4.31 Å². The number of thiazole rings is 1. The number of sulfonamides is 1. The molecule has 1 unspecified atom stereocenters. The number of carboxylic acid groups (broad SMARTS) is 1. The molecule has 2 N–H and O–H groups in total. The lowest BCUT2D eigenvalue weighted by Crippen LogP contribution is -2.49. The van der Waals surface area contributed by atoms with Crippen molar-refractivity contribution in [1.29, 1.82) is 0 Å². The lowest BCUT2D eigenvalue weighted by molar-refractivity contribution is -0.151. The predicted molar refractivity (Wildman–Crippen MR) is 78.0 cm³/mol. The number of carbonyl (C=O) groups is 1. The molecule has 0 saturated carbocycles. The Balaban J connectivity index is 2.39. The summed E-state index contributed by atoms with van der Waals surface area (Å²) in [7, 11) is -3.83. The molecule has 1 aliphatic rings. The summed E-state index contributed by atoms with van der Waals surface area (Å²) in [6.45, 7) is 3.51. The molecule has 7 nitrogen and oxygen atoms in total. The van der Waals surface area contributed by atoms with Crippen LogP contribution in [0.2, 0.25) is 0 Å². The minimum atomic E-state index is -3.83. The fourth-order valence-electron chi connectivity index (χ4n) is 2.66. The zero-order valence-electron chi connectivity index (χ0n) is 11.9. The monoisotopic (exact) mass is 334 g/mol. The van der Waals surface area contributed by atoms with Gasteiger partial charge in [-0.05, 0) is 26.2 Å². The first kappa shape index (κ1) is 16.2. The predicted octanol–water partition coefficient (Wildman–Crippen LogP) is 1.01. The highest BCUT2D eigenvalue weighted by atomic mass is 32.2. The lowest BCUT2D eigenvalue weighted by Gasteiger charge is -2.38. The highest BCUT2D eigenvalue weighted by Gasteiger charge is 2.44. The first-order valence-electron chi connectivity index (χ1n) is 6.66. The van der Waals surface area contributed by atoms with E-state index in [4.69, 9.17) is 0 Å². The number of rotatable bonds is 4. The molecule has 9 heteroatoms. The standard InChI is InChI=1S/C12H18N2O5S2/c1-3-12(10(15)16)5-4-6-14(7-12)21(18,19)9-8(2)13-11(17)20-9/h3-7H2,1-2H3,(H,13,17)(H,15,16). The van der Waals surface area contributed by atoms with Crippen LogP contribution in [0.3, 0.4) is 0 Å². The van der Waals surface area contributed by atoms with Gasteiger partial charge in [-0.1, -0.05) is 18.3 Å². The van der Waals surface area contributed by atoms with Crippen molar-refractivity contribution in [1.82, 2.24) is 9.29 Å². The van der Waals surface area contributed by atoms with Crippen molar-refractivity contribution in [3.8, 4) is 0 Å². The lowest BCUT2D eigenvalue weighted by atomic mass is 9.78. The number of nitrogens with one attached hydrogen (secondary N) is 1. The van der Waals surface area contributed by atoms with E-state index in [0.717, 1.165) is 0 Å². The molecule has 1 aliphatic heterocycles. The van der Waals surface area contributed by atoms with E-state index in [2.05, 4.69) is 4.98 Å². The number of aliphatic carboxylic acids is 1. The number of H-pyrrole nitrogens is 1. The van der Waals surface area contributed by atoms with E-state index in [1.807, 2.05) is 0 Å². The van der Waals surface area contributed by atoms with Gasteiger partial charge in [-0.15, -0.1) is 0 Å². The molecule has 1 saturated heterocycles. The molecule has 118 valence electrons. The van der Waals surface area contributed by atoms with Crippen molar-refractivity contribution in [2.45, 2.75) is 37.3 Å². The molecule has 0 spiro atoms. The van der Waals surface area contributed by atoms with Crippen LogP contribution in [0.1, 0.15) is 31.9 Å². The number of nitrogens with zero attached hydrogens (tertiary/aromatic N) is 1. The third kappa shape index (κ3) is 2.77. The highest BCUT2D eigenvalue weighted by Crippen LogP contribution is 2.36. The van der Waals surface area contributed by atoms with Gasteiger partial charge in [-0.25, -0.2) is 8.42 Å². The summed E-state index contributed by atoms with van der Waals surface area (Å²) in [5, 5.41) is 9.43. The second kappa shape index (κ2) is 5.54. The number of piperidine rings is 1. The zero-order chi connectivity index (χ0) is 15.8. The van der Waals surface area contributed by atoms with E-state index in [0.29, 0.717) is 36.3 Å². The SMILES string of the molecule is CCC1(C(=O)O)CCCN(S(=O)(=O)c2sc(=O)[nH]c2C)C1. The summed E-state index contributed by atoms with van der Waals surface area (Å²) in [5.41, 5.74) is -0.742. The van der Waals surface area contributed by atoms with Crippen LogP contribution >= 0.6 is 11.3 Å². The molecule has 2 heterocycles. The van der Waals surface area contributed by atoms with Crippen LogP contribution in [0.25, 0.3) is 0 Å². The van der Waals surface area contributed by atoms with Gasteiger partial charge in [0.25, 0.3) is 10.0 Å². The van der Waals surface area contributed by atoms with Crippen LogP contribution < -0.4 is 4.87 Å². The van der Waals surface area contributed by atoms with Crippen LogP contribution in [0.5, 0.6) is 0 Å². The maximum atomic E-state index is 12.6. The molecule has 1 aromatic heterocycles. The molecule has 1 fully saturated rings. The van der Waals surface area contributed by atoms with Crippen LogP contribution in [0.15, 0.2) is 9.00 Å². The summed E-state index contributed by atoms with van der Waals surface area (Å²) in [6.07, 6.45) is 1.33. The molecule has 21 heavy (non-hydrogen) atoms. The van der Waals surface area contributed by atoms with Crippen molar-refractivity contribution in [2.75, 3.05) is 13.1 Å². The van der Waals surface area contributed by atoms with Gasteiger partial charge in [0.1, 0.15) is 0 Å². The largest absolute Gasteiger partial charge is 0.481 e. The quantitative estimate of drug-likeness (QED) is 0.854. The third-order valence-corrected chi connectivity index (χ3v) is 7.45. The fourth-order valence-corrected chi connectivity index (χ4v) is 5.66. The summed E-state index contributed by atoms with van der Waals surface area (Å²) < 4.78 is 26.4. The van der Waals surface area contributed by atoms with Crippen molar-refractivity contribution >= 4 is 27.3 Å². The molecule has 0 radical (unpaired) electrons. The van der Waals surface area contributed by atoms with E-state index in [9.17, 15) is 23.1 Å². The zero-order valence-corrected chi connectivity index (χ0v) is 13.5. The summed E-state index contributed by atoms with van der Waals surface area (Å²) in [4.78, 5) is 24.9. The van der Waals surface area contributed by atoms with E-state index in [-0.39, 0.29) is 17.3 Å². The smallest absolute Gasteiger partial charge is 0.310 e. The number of aromatic nitrogens is 1. The summed E-state index contributed by atoms with van der Waals surface area (Å²) in [5.74, 6) is -0.969. The Bertz CT molecular complexity index is 705. The topological polar surface area (TPSA) is 108 Å². The van der Waals surface area contributed by atoms with Crippen LogP contribution in [-0.4, -0.2) is 41.9 Å². The maximum Gasteiger partial charge on any atom is 0.310 e. The summed E-state index contributed by atoms with van der Waals surface area (Å²) in [6, 6.07) is 0. The van der Waals surface area contributed by atoms with Crippen LogP contribution in [-0.2, 0) is 14.8 Å². The Morgan fingerprint density at radius 3 is 2.67 bits per heavy atom. The van der Waals surface area contributed by atoms with Gasteiger partial charge in [0.05, 0.1) is 5.41 Å². The van der Waals surface area contributed by atoms with Crippen molar-refractivity contribution in [3.63, 3.8) is 0 Å². The first-order valence-corrected chi connectivity index (χ1v) is 8.92. The number of aryl methyl sites for hydroxylation is 1. The minimum Gasteiger partial charge on any atom is -0.481 e. The molecular weight excluding hydrogens is 316 g/mol. The highest BCUT2D eigenvalue weighted by molar-refractivity contribution is 7.91. The van der Waals surface area contributed by atoms with E-state index in [1.54, 1.807) is 6.92 Å². The Kier molecular flexibility index (Phi) is 4.27. The van der Waals surface area contributed by atoms with Crippen LogP contribution in [0, 0.1) is 12.3 Å². The van der Waals surface area contributed by atoms with Gasteiger partial charge in [0.15, 0.2) is 4.21 Å². The van der Waals surface area contributed by atoms with Gasteiger partial charge < -0.3 is 10.1 Å². The Hall–Kier alpha value is -1.19. The molecule has 0 amide bonds. The van der Waals surface area contributed by atoms with Crippen molar-refractivity contribution in [3.05, 3.63) is 15.4 Å². The van der Waals surface area contributed by atoms with E-state index >= 15 is 0 Å². The summed E-state index contributed by atoms with van der Waals surface area (Å²) >= 11 is 0.643. The fraction of sp³-hybridized carbons (Fsp3) is 0.667. The van der Waals surface area contributed by atoms with Gasteiger partial charge in [0, 0.05) is 18.8 Å². The van der Waals surface area contributed by atoms with Gasteiger partial charge >= 0.3 is 10.8 Å². The van der Waals surface area contributed by atoms with Gasteiger partial charge in [-0.3, -0.25) is 9.59 Å². The van der Waals surface area contributed by atoms with E-state index < -0.39 is 26.3 Å². The Labute approximate surface area is 126 Å². The van der Waals surface area contributed by atoms with Crippen molar-refractivity contribution in [2.24, 2.45) is 5.41 Å². The van der Waals surface area contributed by atoms with Crippen molar-refractivity contribution < 1.29 is 18.3 Å². The normalized spacial score (nSPS) is 24.1. The molecule has 0 aliphatic carbocycles. The Morgan fingerprint density at radius 2 is 2.19 bits per heavy atom. The number of hydrogen-bond donors (Lipinski definition) is 2. The number of aromatic amines is 1. The maximum absolute atomic E-state index is 12.6. The minimum absolute atomic E-state index is 0.0233. The molecule has 2 rings (SSSR count). The molecule has 0 bridgehead atoms. The number of carboxylic acids is 1. The molecule has 1 aromatic rings. The average molecular weight is 334 g/mol.